The van der Waals surface area contributed by atoms with Crippen molar-refractivity contribution in [2.24, 2.45) is 10.7 Å². The lowest BCUT2D eigenvalue weighted by Gasteiger charge is -2.11. The molecule has 1 aliphatic rings. The van der Waals surface area contributed by atoms with Gasteiger partial charge in [-0.3, -0.25) is 0 Å². The van der Waals surface area contributed by atoms with Gasteiger partial charge >= 0.3 is 0 Å². The molecule has 3 N–H and O–H groups in total. The summed E-state index contributed by atoms with van der Waals surface area (Å²) in [6.07, 6.45) is 2.41. The molecule has 1 fully saturated rings. The topological polar surface area (TPSA) is 68.9 Å². The zero-order valence-electron chi connectivity index (χ0n) is 14.0. The van der Waals surface area contributed by atoms with E-state index in [-0.39, 0.29) is 11.9 Å². The normalized spacial score (nSPS) is 17.5. The molecular weight excluding hydrogens is 321 g/mol. The fourth-order valence-electron chi connectivity index (χ4n) is 2.56. The van der Waals surface area contributed by atoms with Crippen LogP contribution in [0.25, 0.3) is 0 Å². The highest BCUT2D eigenvalue weighted by Crippen LogP contribution is 2.22. The van der Waals surface area contributed by atoms with Gasteiger partial charge in [0.2, 0.25) is 0 Å². The number of ether oxygens (including phenoxy) is 2. The second-order valence-electron chi connectivity index (χ2n) is 5.92. The van der Waals surface area contributed by atoms with Crippen LogP contribution in [0.5, 0.6) is 11.5 Å². The zero-order chi connectivity index (χ0) is 17.5. The van der Waals surface area contributed by atoms with Gasteiger partial charge in [0, 0.05) is 13.2 Å². The van der Waals surface area contributed by atoms with Crippen LogP contribution >= 0.6 is 0 Å². The van der Waals surface area contributed by atoms with Gasteiger partial charge in [0.15, 0.2) is 5.96 Å². The number of nitrogens with two attached hydrogens (primary N) is 1. The van der Waals surface area contributed by atoms with E-state index in [2.05, 4.69) is 10.3 Å². The minimum absolute atomic E-state index is 0.233. The van der Waals surface area contributed by atoms with E-state index in [1.807, 2.05) is 24.3 Å². The van der Waals surface area contributed by atoms with E-state index in [4.69, 9.17) is 15.2 Å². The molecule has 0 spiro atoms. The third-order valence-electron chi connectivity index (χ3n) is 3.94. The maximum absolute atomic E-state index is 12.9. The summed E-state index contributed by atoms with van der Waals surface area (Å²) in [5.74, 6) is 1.41. The average molecular weight is 343 g/mol. The number of aliphatic imine (C=N–C) groups is 1. The van der Waals surface area contributed by atoms with Crippen molar-refractivity contribution in [3.8, 4) is 11.5 Å². The minimum atomic E-state index is -0.286. The van der Waals surface area contributed by atoms with E-state index in [1.54, 1.807) is 12.1 Å². The summed E-state index contributed by atoms with van der Waals surface area (Å²) in [7, 11) is 0. The molecule has 25 heavy (non-hydrogen) atoms. The first-order valence-corrected chi connectivity index (χ1v) is 8.37. The number of guanidine groups is 1. The van der Waals surface area contributed by atoms with Crippen molar-refractivity contribution in [3.63, 3.8) is 0 Å². The van der Waals surface area contributed by atoms with Gasteiger partial charge in [-0.1, -0.05) is 12.1 Å². The highest BCUT2D eigenvalue weighted by atomic mass is 19.1. The Morgan fingerprint density at radius 3 is 2.48 bits per heavy atom. The first kappa shape index (κ1) is 17.2. The summed E-state index contributed by atoms with van der Waals surface area (Å²) in [6, 6.07) is 13.5. The Morgan fingerprint density at radius 2 is 1.84 bits per heavy atom. The maximum atomic E-state index is 12.9. The molecule has 6 heteroatoms. The molecular formula is C19H22FN3O2. The predicted octanol–water partition coefficient (Wildman–Crippen LogP) is 3.20. The Hall–Kier alpha value is -2.60. The Kier molecular flexibility index (Phi) is 5.85. The summed E-state index contributed by atoms with van der Waals surface area (Å²) in [4.78, 5) is 4.32. The Balaban J connectivity index is 1.48. The smallest absolute Gasteiger partial charge is 0.189 e. The molecule has 132 valence electrons. The van der Waals surface area contributed by atoms with E-state index >= 15 is 0 Å². The second-order valence-corrected chi connectivity index (χ2v) is 5.92. The van der Waals surface area contributed by atoms with Crippen LogP contribution in [-0.4, -0.2) is 25.2 Å². The molecule has 1 saturated heterocycles. The van der Waals surface area contributed by atoms with Crippen LogP contribution in [-0.2, 0) is 11.3 Å². The standard InChI is InChI=1S/C19H22FN3O2/c20-15-5-9-17(10-6-15)25-16-7-3-14(4-8-16)12-22-19(21)23-13-18-2-1-11-24-18/h3-10,18H,1-2,11-13H2,(H3,21,22,23). The highest BCUT2D eigenvalue weighted by molar-refractivity contribution is 5.77. The van der Waals surface area contributed by atoms with Crippen LogP contribution in [0.2, 0.25) is 0 Å². The van der Waals surface area contributed by atoms with Crippen LogP contribution in [0.1, 0.15) is 18.4 Å². The van der Waals surface area contributed by atoms with Crippen LogP contribution in [0.3, 0.4) is 0 Å². The monoisotopic (exact) mass is 343 g/mol. The number of rotatable bonds is 6. The summed E-state index contributed by atoms with van der Waals surface area (Å²) >= 11 is 0. The van der Waals surface area contributed by atoms with Crippen molar-refractivity contribution in [1.82, 2.24) is 5.32 Å². The molecule has 2 aromatic rings. The summed E-state index contributed by atoms with van der Waals surface area (Å²) in [5, 5.41) is 3.09. The van der Waals surface area contributed by atoms with Crippen molar-refractivity contribution in [3.05, 3.63) is 59.9 Å². The van der Waals surface area contributed by atoms with E-state index < -0.39 is 0 Å². The predicted molar refractivity (Wildman–Crippen MR) is 95.2 cm³/mol. The second kappa shape index (κ2) is 8.48. The van der Waals surface area contributed by atoms with Crippen LogP contribution in [0.15, 0.2) is 53.5 Å². The molecule has 1 atom stereocenters. The van der Waals surface area contributed by atoms with Crippen molar-refractivity contribution >= 4 is 5.96 Å². The van der Waals surface area contributed by atoms with Gasteiger partial charge in [-0.05, 0) is 54.8 Å². The summed E-state index contributed by atoms with van der Waals surface area (Å²) in [6.45, 7) is 2.01. The molecule has 1 unspecified atom stereocenters. The first-order valence-electron chi connectivity index (χ1n) is 8.37. The number of hydrogen-bond donors (Lipinski definition) is 2. The molecule has 1 aliphatic heterocycles. The van der Waals surface area contributed by atoms with Crippen molar-refractivity contribution in [2.45, 2.75) is 25.5 Å². The summed E-state index contributed by atoms with van der Waals surface area (Å²) < 4.78 is 24.1. The Bertz CT molecular complexity index is 696. The molecule has 0 aromatic heterocycles. The third kappa shape index (κ3) is 5.46. The van der Waals surface area contributed by atoms with Gasteiger partial charge in [-0.15, -0.1) is 0 Å². The average Bonchev–Trinajstić information content (AvgIpc) is 3.15. The number of benzene rings is 2. The molecule has 1 heterocycles. The largest absolute Gasteiger partial charge is 0.457 e. The van der Waals surface area contributed by atoms with Crippen LogP contribution < -0.4 is 15.8 Å². The Labute approximate surface area is 146 Å². The van der Waals surface area contributed by atoms with Crippen LogP contribution in [0, 0.1) is 5.82 Å². The molecule has 0 saturated carbocycles. The van der Waals surface area contributed by atoms with Gasteiger partial charge in [-0.25, -0.2) is 9.38 Å². The number of hydrogen-bond acceptors (Lipinski definition) is 3. The molecule has 0 bridgehead atoms. The lowest BCUT2D eigenvalue weighted by Crippen LogP contribution is -2.37. The minimum Gasteiger partial charge on any atom is -0.457 e. The van der Waals surface area contributed by atoms with Gasteiger partial charge < -0.3 is 20.5 Å². The highest BCUT2D eigenvalue weighted by Gasteiger charge is 2.14. The fraction of sp³-hybridized carbons (Fsp3) is 0.316. The lowest BCUT2D eigenvalue weighted by molar-refractivity contribution is 0.114. The third-order valence-corrected chi connectivity index (χ3v) is 3.94. The van der Waals surface area contributed by atoms with Gasteiger partial charge in [0.25, 0.3) is 0 Å². The number of halogens is 1. The van der Waals surface area contributed by atoms with Gasteiger partial charge in [0.1, 0.15) is 17.3 Å². The quantitative estimate of drug-likeness (QED) is 0.624. The van der Waals surface area contributed by atoms with E-state index in [1.165, 1.54) is 12.1 Å². The zero-order valence-corrected chi connectivity index (χ0v) is 14.0. The van der Waals surface area contributed by atoms with Crippen molar-refractivity contribution < 1.29 is 13.9 Å². The Morgan fingerprint density at radius 1 is 1.16 bits per heavy atom. The number of nitrogens with one attached hydrogen (secondary N) is 1. The molecule has 0 aliphatic carbocycles. The molecule has 2 aromatic carbocycles. The first-order chi connectivity index (χ1) is 12.2. The lowest BCUT2D eigenvalue weighted by atomic mass is 10.2. The van der Waals surface area contributed by atoms with E-state index in [9.17, 15) is 4.39 Å². The molecule has 0 radical (unpaired) electrons. The van der Waals surface area contributed by atoms with E-state index in [0.29, 0.717) is 30.5 Å². The molecule has 3 rings (SSSR count). The van der Waals surface area contributed by atoms with Crippen molar-refractivity contribution in [1.29, 1.82) is 0 Å². The van der Waals surface area contributed by atoms with Gasteiger partial charge in [-0.2, -0.15) is 0 Å². The molecule has 0 amide bonds. The van der Waals surface area contributed by atoms with Crippen LogP contribution in [0.4, 0.5) is 4.39 Å². The van der Waals surface area contributed by atoms with Crippen molar-refractivity contribution in [2.75, 3.05) is 13.2 Å². The number of nitrogens with zero attached hydrogens (tertiary/aromatic N) is 1. The van der Waals surface area contributed by atoms with E-state index in [0.717, 1.165) is 25.0 Å². The summed E-state index contributed by atoms with van der Waals surface area (Å²) in [5.41, 5.74) is 6.89. The maximum Gasteiger partial charge on any atom is 0.189 e. The van der Waals surface area contributed by atoms with Gasteiger partial charge in [0.05, 0.1) is 12.6 Å². The molecule has 5 nitrogen and oxygen atoms in total. The SMILES string of the molecule is NC(=NCc1ccc(Oc2ccc(F)cc2)cc1)NCC1CCCO1. The fourth-order valence-corrected chi connectivity index (χ4v) is 2.56.